The van der Waals surface area contributed by atoms with Crippen LogP contribution in [0.5, 0.6) is 0 Å². The third-order valence-corrected chi connectivity index (χ3v) is 3.23. The zero-order valence-corrected chi connectivity index (χ0v) is 9.64. The number of anilines is 1. The zero-order valence-electron chi connectivity index (χ0n) is 8.83. The van der Waals surface area contributed by atoms with Crippen molar-refractivity contribution in [1.82, 2.24) is 4.72 Å². The summed E-state index contributed by atoms with van der Waals surface area (Å²) in [6.45, 7) is 5.28. The molecule has 16 heavy (non-hydrogen) atoms. The van der Waals surface area contributed by atoms with Crippen LogP contribution in [0.2, 0.25) is 0 Å². The molecule has 88 valence electrons. The highest BCUT2D eigenvalue weighted by atomic mass is 32.2. The predicted molar refractivity (Wildman–Crippen MR) is 60.8 cm³/mol. The molecule has 0 saturated carbocycles. The van der Waals surface area contributed by atoms with Crippen LogP contribution in [0.4, 0.5) is 10.1 Å². The van der Waals surface area contributed by atoms with Gasteiger partial charge in [0.25, 0.3) is 0 Å². The first-order chi connectivity index (χ1) is 7.33. The fourth-order valence-electron chi connectivity index (χ4n) is 1.02. The van der Waals surface area contributed by atoms with Crippen LogP contribution in [0.15, 0.2) is 35.2 Å². The fourth-order valence-corrected chi connectivity index (χ4v) is 2.23. The molecule has 1 aromatic carbocycles. The number of sulfonamides is 1. The zero-order chi connectivity index (χ0) is 12.3. The van der Waals surface area contributed by atoms with Crippen LogP contribution in [0, 0.1) is 5.82 Å². The monoisotopic (exact) mass is 244 g/mol. The first kappa shape index (κ1) is 12.7. The van der Waals surface area contributed by atoms with E-state index in [0.717, 1.165) is 12.1 Å². The number of nitrogen functional groups attached to an aromatic ring is 1. The largest absolute Gasteiger partial charge is 0.399 e. The minimum Gasteiger partial charge on any atom is -0.399 e. The van der Waals surface area contributed by atoms with E-state index in [0.29, 0.717) is 5.57 Å². The summed E-state index contributed by atoms with van der Waals surface area (Å²) < 4.78 is 38.8. The van der Waals surface area contributed by atoms with Crippen molar-refractivity contribution in [1.29, 1.82) is 0 Å². The van der Waals surface area contributed by atoms with Crippen molar-refractivity contribution in [3.63, 3.8) is 0 Å². The lowest BCUT2D eigenvalue weighted by Gasteiger charge is -2.07. The molecule has 0 unspecified atom stereocenters. The standard InChI is InChI=1S/C10H13FN2O2S/c1-7(2)6-13-16(14,15)10-5-8(12)3-4-9(10)11/h3-5,13H,1,6,12H2,2H3. The van der Waals surface area contributed by atoms with E-state index in [4.69, 9.17) is 5.73 Å². The molecule has 0 aliphatic carbocycles. The molecule has 0 aromatic heterocycles. The maximum Gasteiger partial charge on any atom is 0.243 e. The Balaban J connectivity index is 3.07. The highest BCUT2D eigenvalue weighted by Crippen LogP contribution is 2.17. The number of rotatable bonds is 4. The molecule has 6 heteroatoms. The molecular formula is C10H13FN2O2S. The van der Waals surface area contributed by atoms with E-state index in [2.05, 4.69) is 11.3 Å². The summed E-state index contributed by atoms with van der Waals surface area (Å²) >= 11 is 0. The number of nitrogens with one attached hydrogen (secondary N) is 1. The number of nitrogens with two attached hydrogens (primary N) is 1. The van der Waals surface area contributed by atoms with Crippen LogP contribution in [0.1, 0.15) is 6.92 Å². The van der Waals surface area contributed by atoms with Crippen molar-refractivity contribution in [2.75, 3.05) is 12.3 Å². The highest BCUT2D eigenvalue weighted by molar-refractivity contribution is 7.89. The van der Waals surface area contributed by atoms with E-state index < -0.39 is 20.7 Å². The number of hydrogen-bond acceptors (Lipinski definition) is 3. The van der Waals surface area contributed by atoms with Crippen LogP contribution in [-0.4, -0.2) is 15.0 Å². The van der Waals surface area contributed by atoms with Gasteiger partial charge in [-0.15, -0.1) is 0 Å². The molecule has 4 nitrogen and oxygen atoms in total. The molecule has 1 aromatic rings. The van der Waals surface area contributed by atoms with Gasteiger partial charge in [0.2, 0.25) is 10.0 Å². The van der Waals surface area contributed by atoms with E-state index >= 15 is 0 Å². The van der Waals surface area contributed by atoms with Gasteiger partial charge in [-0.05, 0) is 25.1 Å². The summed E-state index contributed by atoms with van der Waals surface area (Å²) in [5.74, 6) is -0.830. The van der Waals surface area contributed by atoms with E-state index in [9.17, 15) is 12.8 Å². The van der Waals surface area contributed by atoms with Crippen molar-refractivity contribution in [3.8, 4) is 0 Å². The normalized spacial score (nSPS) is 11.4. The molecular weight excluding hydrogens is 231 g/mol. The Labute approximate surface area is 94.0 Å². The third-order valence-electron chi connectivity index (χ3n) is 1.81. The smallest absolute Gasteiger partial charge is 0.243 e. The summed E-state index contributed by atoms with van der Waals surface area (Å²) in [6.07, 6.45) is 0. The average molecular weight is 244 g/mol. The second-order valence-electron chi connectivity index (χ2n) is 3.47. The Morgan fingerprint density at radius 2 is 2.19 bits per heavy atom. The lowest BCUT2D eigenvalue weighted by molar-refractivity contribution is 0.559. The van der Waals surface area contributed by atoms with Crippen molar-refractivity contribution in [2.24, 2.45) is 0 Å². The van der Waals surface area contributed by atoms with Crippen molar-refractivity contribution in [3.05, 3.63) is 36.2 Å². The van der Waals surface area contributed by atoms with Crippen LogP contribution in [-0.2, 0) is 10.0 Å². The average Bonchev–Trinajstić information content (AvgIpc) is 2.19. The molecule has 0 heterocycles. The van der Waals surface area contributed by atoms with Gasteiger partial charge in [0.05, 0.1) is 0 Å². The minimum atomic E-state index is -3.87. The van der Waals surface area contributed by atoms with E-state index in [-0.39, 0.29) is 12.2 Å². The molecule has 1 rings (SSSR count). The Morgan fingerprint density at radius 1 is 1.56 bits per heavy atom. The summed E-state index contributed by atoms with van der Waals surface area (Å²) in [5.41, 5.74) is 6.23. The second-order valence-corrected chi connectivity index (χ2v) is 5.21. The van der Waals surface area contributed by atoms with Crippen LogP contribution >= 0.6 is 0 Å². The van der Waals surface area contributed by atoms with Crippen molar-refractivity contribution in [2.45, 2.75) is 11.8 Å². The van der Waals surface area contributed by atoms with Crippen molar-refractivity contribution < 1.29 is 12.8 Å². The molecule has 0 amide bonds. The topological polar surface area (TPSA) is 72.2 Å². The van der Waals surface area contributed by atoms with Gasteiger partial charge in [0, 0.05) is 12.2 Å². The summed E-state index contributed by atoms with van der Waals surface area (Å²) in [4.78, 5) is -0.450. The summed E-state index contributed by atoms with van der Waals surface area (Å²) in [7, 11) is -3.87. The first-order valence-corrected chi connectivity index (χ1v) is 6.00. The number of halogens is 1. The van der Waals surface area contributed by atoms with Gasteiger partial charge >= 0.3 is 0 Å². The SMILES string of the molecule is C=C(C)CNS(=O)(=O)c1cc(N)ccc1F. The van der Waals surface area contributed by atoms with Gasteiger partial charge in [-0.2, -0.15) is 0 Å². The molecule has 0 aliphatic rings. The van der Waals surface area contributed by atoms with Crippen LogP contribution in [0.25, 0.3) is 0 Å². The maximum atomic E-state index is 13.3. The maximum absolute atomic E-state index is 13.3. The van der Waals surface area contributed by atoms with Gasteiger partial charge in [0.1, 0.15) is 10.7 Å². The van der Waals surface area contributed by atoms with Gasteiger partial charge in [-0.25, -0.2) is 17.5 Å². The Kier molecular flexibility index (Phi) is 3.66. The van der Waals surface area contributed by atoms with Crippen molar-refractivity contribution >= 4 is 15.7 Å². The molecule has 0 saturated heterocycles. The summed E-state index contributed by atoms with van der Waals surface area (Å²) in [6, 6.07) is 3.40. The van der Waals surface area contributed by atoms with E-state index in [1.807, 2.05) is 0 Å². The quantitative estimate of drug-likeness (QED) is 0.618. The Hall–Kier alpha value is -1.40. The molecule has 3 N–H and O–H groups in total. The fraction of sp³-hybridized carbons (Fsp3) is 0.200. The Morgan fingerprint density at radius 3 is 2.75 bits per heavy atom. The number of benzene rings is 1. The molecule has 0 spiro atoms. The third kappa shape index (κ3) is 3.04. The first-order valence-electron chi connectivity index (χ1n) is 4.52. The van der Waals surface area contributed by atoms with Gasteiger partial charge in [-0.3, -0.25) is 0 Å². The van der Waals surface area contributed by atoms with E-state index in [1.165, 1.54) is 6.07 Å². The molecule has 0 fully saturated rings. The highest BCUT2D eigenvalue weighted by Gasteiger charge is 2.18. The Bertz CT molecular complexity index is 512. The van der Waals surface area contributed by atoms with Crippen LogP contribution < -0.4 is 10.5 Å². The summed E-state index contributed by atoms with van der Waals surface area (Å²) in [5, 5.41) is 0. The predicted octanol–water partition coefficient (Wildman–Crippen LogP) is 1.26. The molecule has 0 atom stereocenters. The second kappa shape index (κ2) is 4.63. The molecule has 0 bridgehead atoms. The van der Waals surface area contributed by atoms with E-state index in [1.54, 1.807) is 6.92 Å². The molecule has 0 radical (unpaired) electrons. The van der Waals surface area contributed by atoms with Gasteiger partial charge in [0.15, 0.2) is 0 Å². The lowest BCUT2D eigenvalue weighted by Crippen LogP contribution is -2.26. The van der Waals surface area contributed by atoms with Crippen LogP contribution in [0.3, 0.4) is 0 Å². The van der Waals surface area contributed by atoms with Gasteiger partial charge in [-0.1, -0.05) is 12.2 Å². The lowest BCUT2D eigenvalue weighted by atomic mass is 10.3. The number of hydrogen-bond donors (Lipinski definition) is 2. The van der Waals surface area contributed by atoms with Gasteiger partial charge < -0.3 is 5.73 Å². The minimum absolute atomic E-state index is 0.0660. The molecule has 0 aliphatic heterocycles.